The van der Waals surface area contributed by atoms with E-state index in [4.69, 9.17) is 40.5 Å². The first-order chi connectivity index (χ1) is 39.8. The van der Waals surface area contributed by atoms with E-state index in [0.717, 1.165) is 112 Å². The third-order valence-electron chi connectivity index (χ3n) is 15.5. The molecule has 4 aliphatic heterocycles. The molecule has 6 aromatic carbocycles. The van der Waals surface area contributed by atoms with Crippen molar-refractivity contribution in [2.45, 2.75) is 54.1 Å². The average Bonchev–Trinajstić information content (AvgIpc) is 4.42. The van der Waals surface area contributed by atoms with Gasteiger partial charge in [-0.1, -0.05) is 160 Å². The molecule has 7 heterocycles. The monoisotopic (exact) mass is 1100 g/mol. The highest BCUT2D eigenvalue weighted by Gasteiger charge is 2.31. The van der Waals surface area contributed by atoms with Crippen molar-refractivity contribution >= 4 is 87.2 Å². The van der Waals surface area contributed by atoms with Crippen LogP contribution in [0.2, 0.25) is 5.02 Å². The van der Waals surface area contributed by atoms with Crippen molar-refractivity contribution in [3.8, 4) is 33.4 Å². The number of H-pyrrole nitrogens is 2. The third-order valence-corrected chi connectivity index (χ3v) is 15.9. The summed E-state index contributed by atoms with van der Waals surface area (Å²) in [5, 5.41) is 0.498. The van der Waals surface area contributed by atoms with E-state index in [9.17, 15) is 0 Å². The summed E-state index contributed by atoms with van der Waals surface area (Å²) in [5.74, 6) is 0. The molecule has 0 atom stereocenters. The number of fused-ring (bicyclic) bond motifs is 8. The number of hydrogen-bond donors (Lipinski definition) is 2. The Morgan fingerprint density at radius 1 is 0.439 bits per heavy atom. The van der Waals surface area contributed by atoms with Gasteiger partial charge in [-0.25, -0.2) is 9.97 Å². The molecule has 408 valence electrons. The van der Waals surface area contributed by atoms with Gasteiger partial charge < -0.3 is 33.8 Å². The summed E-state index contributed by atoms with van der Waals surface area (Å²) in [4.78, 5) is 20.7. The fourth-order valence-corrected chi connectivity index (χ4v) is 11.3. The molecule has 0 radical (unpaired) electrons. The molecule has 10 heteroatoms. The van der Waals surface area contributed by atoms with Gasteiger partial charge in [0.1, 0.15) is 0 Å². The number of aromatic amines is 2. The minimum Gasteiger partial charge on any atom is -0.354 e. The van der Waals surface area contributed by atoms with Crippen LogP contribution in [0.1, 0.15) is 96.4 Å². The molecule has 8 bridgehead atoms. The van der Waals surface area contributed by atoms with Gasteiger partial charge in [-0.05, 0) is 139 Å². The molecule has 3 aromatic heterocycles. The number of anilines is 3. The second-order valence-corrected chi connectivity index (χ2v) is 23.9. The summed E-state index contributed by atoms with van der Waals surface area (Å²) in [5.41, 5.74) is 21.7. The lowest BCUT2D eigenvalue weighted by atomic mass is 9.95. The summed E-state index contributed by atoms with van der Waals surface area (Å²) >= 11 is 7.36. The van der Waals surface area contributed by atoms with E-state index in [1.165, 1.54) is 11.1 Å². The number of halogens is 1. The Bertz CT molecular complexity index is 4020. The number of benzene rings is 6. The van der Waals surface area contributed by atoms with Crippen molar-refractivity contribution in [2.24, 2.45) is 10.8 Å². The summed E-state index contributed by atoms with van der Waals surface area (Å²) in [6, 6.07) is 59.9. The topological polar surface area (TPSA) is 97.5 Å². The minimum atomic E-state index is -0.488. The van der Waals surface area contributed by atoms with Crippen molar-refractivity contribution in [3.63, 3.8) is 0 Å². The second kappa shape index (κ2) is 21.8. The Balaban J connectivity index is 0.931. The molecule has 9 aromatic rings. The molecule has 4 aliphatic rings. The van der Waals surface area contributed by atoms with Gasteiger partial charge in [0, 0.05) is 72.3 Å². The van der Waals surface area contributed by atoms with Crippen molar-refractivity contribution in [1.82, 2.24) is 19.9 Å². The van der Waals surface area contributed by atoms with Gasteiger partial charge in [-0.3, -0.25) is 0 Å². The zero-order valence-corrected chi connectivity index (χ0v) is 47.7. The number of aromatic nitrogens is 4. The van der Waals surface area contributed by atoms with Crippen molar-refractivity contribution in [2.75, 3.05) is 31.3 Å². The number of hydrogen-bond acceptors (Lipinski definition) is 7. The highest BCUT2D eigenvalue weighted by molar-refractivity contribution is 6.35. The van der Waals surface area contributed by atoms with Crippen LogP contribution in [0.5, 0.6) is 0 Å². The first kappa shape index (κ1) is 52.9. The van der Waals surface area contributed by atoms with Crippen LogP contribution in [-0.4, -0.2) is 46.4 Å². The molecular weight excluding hydrogens is 1030 g/mol. The van der Waals surface area contributed by atoms with E-state index < -0.39 is 12.6 Å². The van der Waals surface area contributed by atoms with Crippen LogP contribution in [0, 0.1) is 24.7 Å². The number of nitrogens with zero attached hydrogens (tertiary/aromatic N) is 3. The Kier molecular flexibility index (Phi) is 14.1. The summed E-state index contributed by atoms with van der Waals surface area (Å²) in [6.07, 6.45) is 11.6. The molecule has 0 aliphatic carbocycles. The predicted octanol–water partition coefficient (Wildman–Crippen LogP) is 18.7. The number of nitrogens with one attached hydrogen (secondary N) is 2. The summed E-state index contributed by atoms with van der Waals surface area (Å²) in [6.45, 7) is 15.3. The Hall–Kier alpha value is -8.41. The fraction of sp³-hybridized carbons (Fsp3) is 0.194. The SMILES string of the molecule is Cc1ccc(N(c2ccc(C)cc2)c2ccc(/C=C/c3ccc(-c4c5nc(c(-c6cccc(C7OCC(C)(C)CO7)c6)c6ccc([nH]6)c(Cl)c6nc(c(-c7cccc(C8OCC(C)(C)CO8)c7)c7ccc4[nH]7)C=C6)C=C5)cc3)cc2)cc1. The fourth-order valence-electron chi connectivity index (χ4n) is 11.1. The van der Waals surface area contributed by atoms with E-state index in [0.29, 0.717) is 37.1 Å². The molecule has 0 saturated carbocycles. The molecular formula is C72H64ClN5O4. The van der Waals surface area contributed by atoms with Crippen LogP contribution in [-0.2, 0) is 18.9 Å². The second-order valence-electron chi connectivity index (χ2n) is 23.5. The maximum absolute atomic E-state index is 7.36. The van der Waals surface area contributed by atoms with E-state index in [1.54, 1.807) is 0 Å². The normalized spacial score (nSPS) is 16.0. The van der Waals surface area contributed by atoms with E-state index >= 15 is 0 Å². The van der Waals surface area contributed by atoms with Crippen LogP contribution < -0.4 is 4.90 Å². The van der Waals surface area contributed by atoms with E-state index in [-0.39, 0.29) is 10.8 Å². The highest BCUT2D eigenvalue weighted by atomic mass is 35.5. The smallest absolute Gasteiger partial charge is 0.183 e. The standard InChI is InChI=1S/C72H64ClN5O4/c1-45-13-25-54(26-14-45)78(55-27-15-46(2)16-28-55)56-29-21-48(22-30-56)18-17-47-19-23-49(24-20-47)65-57-31-33-59(74-57)66(50-9-7-11-52(39-50)69-79-41-71(3,4)42-80-69)61-35-37-63(76-61)68(73)64-38-36-62(77-64)67(60-34-32-58(65)75-60)51-10-8-12-53(40-51)70-81-43-72(5,6)44-82-70/h7-40,69-70,74,77H,41-44H2,1-6H3/b18-17+,65-57?,65-58?,66-59?,66-61?,67-60?,67-62?,68-63?,68-64?. The molecule has 2 fully saturated rings. The number of ether oxygens (including phenoxy) is 4. The van der Waals surface area contributed by atoms with E-state index in [2.05, 4.69) is 245 Å². The van der Waals surface area contributed by atoms with Gasteiger partial charge in [-0.2, -0.15) is 0 Å². The van der Waals surface area contributed by atoms with Crippen molar-refractivity contribution in [3.05, 3.63) is 231 Å². The lowest BCUT2D eigenvalue weighted by Gasteiger charge is -2.34. The molecule has 2 N–H and O–H groups in total. The van der Waals surface area contributed by atoms with Gasteiger partial charge in [0.25, 0.3) is 0 Å². The average molecular weight is 1100 g/mol. The largest absolute Gasteiger partial charge is 0.354 e. The van der Waals surface area contributed by atoms with Crippen molar-refractivity contribution in [1.29, 1.82) is 0 Å². The van der Waals surface area contributed by atoms with Gasteiger partial charge in [0.2, 0.25) is 0 Å². The zero-order chi connectivity index (χ0) is 56.1. The summed E-state index contributed by atoms with van der Waals surface area (Å²) in [7, 11) is 0. The first-order valence-corrected chi connectivity index (χ1v) is 28.5. The quantitative estimate of drug-likeness (QED) is 0.132. The predicted molar refractivity (Wildman–Crippen MR) is 337 cm³/mol. The highest BCUT2D eigenvalue weighted by Crippen LogP contribution is 2.41. The van der Waals surface area contributed by atoms with E-state index in [1.807, 2.05) is 18.2 Å². The van der Waals surface area contributed by atoms with Crippen LogP contribution in [0.3, 0.4) is 0 Å². The lowest BCUT2D eigenvalue weighted by molar-refractivity contribution is -0.226. The van der Waals surface area contributed by atoms with Gasteiger partial charge in [0.05, 0.1) is 59.7 Å². The summed E-state index contributed by atoms with van der Waals surface area (Å²) < 4.78 is 25.2. The molecule has 0 amide bonds. The van der Waals surface area contributed by atoms with Crippen molar-refractivity contribution < 1.29 is 18.9 Å². The molecule has 2 saturated heterocycles. The molecule has 0 spiro atoms. The Labute approximate surface area is 484 Å². The van der Waals surface area contributed by atoms with Crippen LogP contribution in [0.15, 0.2) is 170 Å². The zero-order valence-electron chi connectivity index (χ0n) is 47.0. The van der Waals surface area contributed by atoms with Crippen LogP contribution in [0.25, 0.3) is 91.9 Å². The maximum atomic E-state index is 7.36. The van der Waals surface area contributed by atoms with Gasteiger partial charge >= 0.3 is 0 Å². The number of aryl methyl sites for hydroxylation is 2. The number of rotatable bonds is 10. The van der Waals surface area contributed by atoms with Gasteiger partial charge in [0.15, 0.2) is 12.6 Å². The van der Waals surface area contributed by atoms with Crippen LogP contribution >= 0.6 is 11.6 Å². The van der Waals surface area contributed by atoms with Crippen LogP contribution in [0.4, 0.5) is 17.1 Å². The van der Waals surface area contributed by atoms with Gasteiger partial charge in [-0.15, -0.1) is 0 Å². The Morgan fingerprint density at radius 3 is 1.26 bits per heavy atom. The molecule has 0 unspecified atom stereocenters. The third kappa shape index (κ3) is 10.9. The molecule has 82 heavy (non-hydrogen) atoms. The first-order valence-electron chi connectivity index (χ1n) is 28.1. The molecule has 13 rings (SSSR count). The Morgan fingerprint density at radius 2 is 0.805 bits per heavy atom. The minimum absolute atomic E-state index is 0.0656. The lowest BCUT2D eigenvalue weighted by Crippen LogP contribution is -2.33. The molecule has 9 nitrogen and oxygen atoms in total. The maximum Gasteiger partial charge on any atom is 0.183 e.